The van der Waals surface area contributed by atoms with Crippen molar-refractivity contribution >= 4 is 23.5 Å². The lowest BCUT2D eigenvalue weighted by molar-refractivity contribution is -0.147. The molecular formula is C27H26ClFN2O6. The van der Waals surface area contributed by atoms with Crippen LogP contribution < -0.4 is 9.47 Å². The molecule has 2 aromatic carbocycles. The first-order valence-electron chi connectivity index (χ1n) is 11.8. The van der Waals surface area contributed by atoms with Crippen molar-refractivity contribution in [2.45, 2.75) is 25.0 Å². The third kappa shape index (κ3) is 4.65. The Labute approximate surface area is 218 Å². The van der Waals surface area contributed by atoms with Crippen LogP contribution in [0.2, 0.25) is 5.02 Å². The summed E-state index contributed by atoms with van der Waals surface area (Å²) < 4.78 is 34.9. The second-order valence-electron chi connectivity index (χ2n) is 9.18. The van der Waals surface area contributed by atoms with Gasteiger partial charge in [0, 0.05) is 41.4 Å². The van der Waals surface area contributed by atoms with Crippen LogP contribution in [0.1, 0.15) is 41.9 Å². The van der Waals surface area contributed by atoms with Crippen molar-refractivity contribution in [1.82, 2.24) is 9.47 Å². The van der Waals surface area contributed by atoms with E-state index in [-0.39, 0.29) is 35.4 Å². The minimum atomic E-state index is -0.879. The maximum atomic E-state index is 15.5. The summed E-state index contributed by atoms with van der Waals surface area (Å²) in [6.45, 7) is 0.771. The lowest BCUT2D eigenvalue weighted by Crippen LogP contribution is -2.50. The summed E-state index contributed by atoms with van der Waals surface area (Å²) in [5.41, 5.74) is 1.97. The quantitative estimate of drug-likeness (QED) is 0.475. The molecule has 194 valence electrons. The Morgan fingerprint density at radius 1 is 1.11 bits per heavy atom. The molecule has 0 unspecified atom stereocenters. The third-order valence-electron chi connectivity index (χ3n) is 6.84. The highest BCUT2D eigenvalue weighted by Crippen LogP contribution is 2.47. The summed E-state index contributed by atoms with van der Waals surface area (Å²) in [7, 11) is 3.04. The number of amides is 1. The smallest absolute Gasteiger partial charge is 0.303 e. The van der Waals surface area contributed by atoms with Crippen molar-refractivity contribution in [2.24, 2.45) is 5.92 Å². The predicted octanol–water partition coefficient (Wildman–Crippen LogP) is 4.77. The van der Waals surface area contributed by atoms with Crippen LogP contribution in [0.5, 0.6) is 11.5 Å². The van der Waals surface area contributed by atoms with Crippen LogP contribution in [0.3, 0.4) is 0 Å². The molecule has 3 heterocycles. The Balaban J connectivity index is 1.56. The molecule has 0 spiro atoms. The summed E-state index contributed by atoms with van der Waals surface area (Å²) in [4.78, 5) is 25.8. The number of benzene rings is 2. The zero-order valence-corrected chi connectivity index (χ0v) is 21.1. The van der Waals surface area contributed by atoms with Crippen LogP contribution in [-0.2, 0) is 14.3 Å². The number of nitrogens with zero attached hydrogens (tertiary/aromatic N) is 2. The highest BCUT2D eigenvalue weighted by atomic mass is 35.5. The number of likely N-dealkylation sites (tertiary alicyclic amines) is 1. The standard InChI is InChI=1S/C27H26ClFN2O6/c1-35-21-7-3-5-17(27(21)36-2)26-18-10-16(28)11-19(29)25(18)31-8-4-6-20(31)22(37-26)12-23(32)30-13-15(14-30)9-24(33)34/h3-8,10-11,15,22,26H,9,12-14H2,1-2H3,(H,33,34)/t22-,26-/m1/s1. The zero-order chi connectivity index (χ0) is 26.3. The molecule has 2 aliphatic rings. The third-order valence-corrected chi connectivity index (χ3v) is 7.06. The van der Waals surface area contributed by atoms with E-state index in [0.717, 1.165) is 0 Å². The number of rotatable bonds is 7. The van der Waals surface area contributed by atoms with Crippen LogP contribution >= 0.6 is 11.6 Å². The number of hydrogen-bond donors (Lipinski definition) is 1. The van der Waals surface area contributed by atoms with Gasteiger partial charge >= 0.3 is 5.97 Å². The highest BCUT2D eigenvalue weighted by Gasteiger charge is 2.38. The van der Waals surface area contributed by atoms with Crippen molar-refractivity contribution in [2.75, 3.05) is 27.3 Å². The minimum Gasteiger partial charge on any atom is -0.493 e. The Hall–Kier alpha value is -3.56. The van der Waals surface area contributed by atoms with Gasteiger partial charge in [0.2, 0.25) is 5.91 Å². The van der Waals surface area contributed by atoms with E-state index in [0.29, 0.717) is 41.4 Å². The summed E-state index contributed by atoms with van der Waals surface area (Å²) in [5, 5.41) is 9.22. The van der Waals surface area contributed by atoms with Gasteiger partial charge in [-0.25, -0.2) is 4.39 Å². The summed E-state index contributed by atoms with van der Waals surface area (Å²) in [6, 6.07) is 11.8. The monoisotopic (exact) mass is 528 g/mol. The van der Waals surface area contributed by atoms with Crippen LogP contribution in [-0.4, -0.2) is 53.8 Å². The first-order chi connectivity index (χ1) is 17.8. The van der Waals surface area contributed by atoms with Crippen LogP contribution in [0.15, 0.2) is 48.7 Å². The lowest BCUT2D eigenvalue weighted by atomic mass is 9.95. The van der Waals surface area contributed by atoms with Gasteiger partial charge in [0.15, 0.2) is 11.5 Å². The van der Waals surface area contributed by atoms with Gasteiger partial charge in [-0.05, 0) is 30.3 Å². The van der Waals surface area contributed by atoms with E-state index in [1.54, 1.807) is 52.1 Å². The van der Waals surface area contributed by atoms with Gasteiger partial charge in [-0.1, -0.05) is 23.7 Å². The molecule has 2 atom stereocenters. The molecule has 3 aromatic rings. The number of hydrogen-bond acceptors (Lipinski definition) is 5. The Kier molecular flexibility index (Phi) is 6.83. The van der Waals surface area contributed by atoms with Gasteiger partial charge in [-0.3, -0.25) is 9.59 Å². The number of ether oxygens (including phenoxy) is 3. The van der Waals surface area contributed by atoms with Crippen molar-refractivity contribution in [1.29, 1.82) is 0 Å². The summed E-state index contributed by atoms with van der Waals surface area (Å²) >= 11 is 6.30. The lowest BCUT2D eigenvalue weighted by Gasteiger charge is -2.39. The van der Waals surface area contributed by atoms with Gasteiger partial charge in [0.25, 0.3) is 0 Å². The topological polar surface area (TPSA) is 90.2 Å². The van der Waals surface area contributed by atoms with Crippen molar-refractivity contribution < 1.29 is 33.3 Å². The van der Waals surface area contributed by atoms with Gasteiger partial charge in [-0.2, -0.15) is 0 Å². The molecule has 0 bridgehead atoms. The maximum absolute atomic E-state index is 15.5. The molecule has 2 aliphatic heterocycles. The highest BCUT2D eigenvalue weighted by molar-refractivity contribution is 6.30. The Morgan fingerprint density at radius 3 is 2.59 bits per heavy atom. The number of carbonyl (C=O) groups excluding carboxylic acids is 1. The molecule has 0 saturated carbocycles. The number of aromatic nitrogens is 1. The van der Waals surface area contributed by atoms with E-state index < -0.39 is 24.0 Å². The molecule has 5 rings (SSSR count). The Bertz CT molecular complexity index is 1350. The Morgan fingerprint density at radius 2 is 1.89 bits per heavy atom. The number of halogens is 2. The van der Waals surface area contributed by atoms with E-state index in [9.17, 15) is 9.59 Å². The van der Waals surface area contributed by atoms with Crippen molar-refractivity contribution in [3.05, 3.63) is 76.3 Å². The van der Waals surface area contributed by atoms with Gasteiger partial charge in [-0.15, -0.1) is 0 Å². The fourth-order valence-electron chi connectivity index (χ4n) is 5.16. The van der Waals surface area contributed by atoms with Gasteiger partial charge in [0.05, 0.1) is 38.4 Å². The van der Waals surface area contributed by atoms with E-state index in [4.69, 9.17) is 30.9 Å². The first kappa shape index (κ1) is 25.1. The average molecular weight is 529 g/mol. The van der Waals surface area contributed by atoms with E-state index in [1.165, 1.54) is 20.3 Å². The first-order valence-corrected chi connectivity index (χ1v) is 12.2. The second kappa shape index (κ2) is 10.1. The van der Waals surface area contributed by atoms with Gasteiger partial charge in [0.1, 0.15) is 18.0 Å². The number of aliphatic carboxylic acids is 1. The van der Waals surface area contributed by atoms with Crippen molar-refractivity contribution in [3.8, 4) is 17.2 Å². The van der Waals surface area contributed by atoms with E-state index in [1.807, 2.05) is 0 Å². The molecule has 1 N–H and O–H groups in total. The molecule has 8 nitrogen and oxygen atoms in total. The SMILES string of the molecule is COc1cccc([C@H]2O[C@H](CC(=O)N3CC(CC(=O)O)C3)c3cccn3-c3c(F)cc(Cl)cc32)c1OC. The largest absolute Gasteiger partial charge is 0.493 e. The zero-order valence-electron chi connectivity index (χ0n) is 20.3. The minimum absolute atomic E-state index is 0.00404. The van der Waals surface area contributed by atoms with E-state index in [2.05, 4.69) is 0 Å². The molecule has 1 amide bonds. The van der Waals surface area contributed by atoms with E-state index >= 15 is 4.39 Å². The number of methoxy groups -OCH3 is 2. The molecular weight excluding hydrogens is 503 g/mol. The molecule has 1 saturated heterocycles. The molecule has 1 aromatic heterocycles. The predicted molar refractivity (Wildman–Crippen MR) is 133 cm³/mol. The molecule has 37 heavy (non-hydrogen) atoms. The normalized spacial score (nSPS) is 18.9. The van der Waals surface area contributed by atoms with Gasteiger partial charge < -0.3 is 28.8 Å². The molecule has 10 heteroatoms. The molecule has 0 aliphatic carbocycles. The molecule has 1 fully saturated rings. The summed E-state index contributed by atoms with van der Waals surface area (Å²) in [5.74, 6) is -0.724. The number of carboxylic acid groups (broad SMARTS) is 1. The molecule has 0 radical (unpaired) electrons. The number of carboxylic acids is 1. The second-order valence-corrected chi connectivity index (χ2v) is 9.62. The average Bonchev–Trinajstić information content (AvgIpc) is 3.27. The number of para-hydroxylation sites is 1. The fraction of sp³-hybridized carbons (Fsp3) is 0.333. The maximum Gasteiger partial charge on any atom is 0.303 e. The summed E-state index contributed by atoms with van der Waals surface area (Å²) in [6.07, 6.45) is 0.189. The number of fused-ring (bicyclic) bond motifs is 3. The van der Waals surface area contributed by atoms with Crippen LogP contribution in [0.25, 0.3) is 5.69 Å². The van der Waals surface area contributed by atoms with Crippen molar-refractivity contribution in [3.63, 3.8) is 0 Å². The van der Waals surface area contributed by atoms with Crippen LogP contribution in [0, 0.1) is 11.7 Å². The number of carbonyl (C=O) groups is 2. The fourth-order valence-corrected chi connectivity index (χ4v) is 5.37. The van der Waals surface area contributed by atoms with Crippen LogP contribution in [0.4, 0.5) is 4.39 Å².